The van der Waals surface area contributed by atoms with E-state index >= 15 is 0 Å². The summed E-state index contributed by atoms with van der Waals surface area (Å²) in [6.45, 7) is -0.708. The fourth-order valence-electron chi connectivity index (χ4n) is 2.92. The van der Waals surface area contributed by atoms with E-state index in [2.05, 4.69) is 0 Å². The molecule has 0 aromatic carbocycles. The highest BCUT2D eigenvalue weighted by atomic mass is 16.6. The van der Waals surface area contributed by atoms with Crippen LogP contribution in [-0.2, 0) is 14.3 Å². The molecule has 2 aliphatic heterocycles. The molecule has 0 aromatic heterocycles. The van der Waals surface area contributed by atoms with Gasteiger partial charge in [-0.2, -0.15) is 0 Å². The Morgan fingerprint density at radius 2 is 2.11 bits per heavy atom. The van der Waals surface area contributed by atoms with E-state index in [9.17, 15) is 15.0 Å². The average Bonchev–Trinajstić information content (AvgIpc) is 2.76. The number of carboxylic acids is 1. The van der Waals surface area contributed by atoms with E-state index in [0.29, 0.717) is 12.8 Å². The summed E-state index contributed by atoms with van der Waals surface area (Å²) in [6, 6.07) is 0. The molecule has 0 unspecified atom stereocenters. The summed E-state index contributed by atoms with van der Waals surface area (Å²) in [7, 11) is 0. The Morgan fingerprint density at radius 3 is 2.68 bits per heavy atom. The van der Waals surface area contributed by atoms with Gasteiger partial charge in [-0.05, 0) is 12.8 Å². The van der Waals surface area contributed by atoms with Gasteiger partial charge in [0, 0.05) is 6.42 Å². The lowest BCUT2D eigenvalue weighted by atomic mass is 9.86. The van der Waals surface area contributed by atoms with Crippen LogP contribution in [0.1, 0.15) is 25.7 Å². The molecular weight excluding hydrogens is 256 g/mol. The molecule has 0 spiro atoms. The molecule has 0 bridgehead atoms. The zero-order valence-electron chi connectivity index (χ0n) is 10.6. The zero-order valence-corrected chi connectivity index (χ0v) is 10.6. The van der Waals surface area contributed by atoms with Crippen molar-refractivity contribution in [2.24, 2.45) is 0 Å². The van der Waals surface area contributed by atoms with Gasteiger partial charge in [0.25, 0.3) is 0 Å². The van der Waals surface area contributed by atoms with E-state index in [4.69, 9.17) is 19.7 Å². The number of rotatable bonds is 5. The minimum atomic E-state index is -1.02. The molecule has 2 rings (SSSR count). The molecule has 5 atom stereocenters. The predicted octanol–water partition coefficient (Wildman–Crippen LogP) is -1.12. The van der Waals surface area contributed by atoms with E-state index in [1.165, 1.54) is 0 Å². The molecule has 7 heteroatoms. The van der Waals surface area contributed by atoms with Gasteiger partial charge in [0.1, 0.15) is 11.7 Å². The Hall–Kier alpha value is -0.730. The van der Waals surface area contributed by atoms with Crippen LogP contribution >= 0.6 is 0 Å². The largest absolute Gasteiger partial charge is 0.481 e. The van der Waals surface area contributed by atoms with Crippen LogP contribution in [0.25, 0.3) is 0 Å². The second-order valence-corrected chi connectivity index (χ2v) is 5.26. The van der Waals surface area contributed by atoms with Crippen molar-refractivity contribution >= 4 is 5.97 Å². The van der Waals surface area contributed by atoms with E-state index < -0.39 is 36.5 Å². The van der Waals surface area contributed by atoms with Gasteiger partial charge in [-0.1, -0.05) is 0 Å². The Morgan fingerprint density at radius 1 is 1.37 bits per heavy atom. The lowest BCUT2D eigenvalue weighted by Gasteiger charge is -2.40. The third-order valence-corrected chi connectivity index (χ3v) is 3.91. The van der Waals surface area contributed by atoms with Gasteiger partial charge < -0.3 is 29.9 Å². The fourth-order valence-corrected chi connectivity index (χ4v) is 2.92. The smallest absolute Gasteiger partial charge is 0.305 e. The minimum Gasteiger partial charge on any atom is -0.481 e. The number of ether oxygens (including phenoxy) is 2. The number of aliphatic hydroxyl groups excluding tert-OH is 3. The molecule has 2 heterocycles. The molecule has 19 heavy (non-hydrogen) atoms. The summed E-state index contributed by atoms with van der Waals surface area (Å²) in [6.07, 6.45) is -1.16. The van der Waals surface area contributed by atoms with Crippen LogP contribution in [0.3, 0.4) is 0 Å². The number of hydrogen-bond donors (Lipinski definition) is 4. The molecule has 0 aromatic rings. The average molecular weight is 276 g/mol. The summed E-state index contributed by atoms with van der Waals surface area (Å²) in [5, 5.41) is 36.9. The summed E-state index contributed by atoms with van der Waals surface area (Å²) in [5.41, 5.74) is -0.959. The molecule has 110 valence electrons. The minimum absolute atomic E-state index is 0.109. The third-order valence-electron chi connectivity index (χ3n) is 3.91. The van der Waals surface area contributed by atoms with Crippen LogP contribution in [-0.4, -0.2) is 69.6 Å². The highest BCUT2D eigenvalue weighted by Crippen LogP contribution is 2.42. The topological polar surface area (TPSA) is 116 Å². The van der Waals surface area contributed by atoms with E-state index in [-0.39, 0.29) is 25.6 Å². The number of carbonyl (C=O) groups is 1. The van der Waals surface area contributed by atoms with Crippen molar-refractivity contribution in [2.45, 2.75) is 55.7 Å². The van der Waals surface area contributed by atoms with Gasteiger partial charge in [0.15, 0.2) is 0 Å². The van der Waals surface area contributed by atoms with Crippen molar-refractivity contribution in [2.75, 3.05) is 13.2 Å². The SMILES string of the molecule is O=C(O)C[C@H]1CC[C@@H]2O[C@@H]([C@H](O)CO)C[C@]2(CO)O1. The number of hydrogen-bond acceptors (Lipinski definition) is 6. The lowest BCUT2D eigenvalue weighted by molar-refractivity contribution is -0.189. The first kappa shape index (κ1) is 14.7. The van der Waals surface area contributed by atoms with Gasteiger partial charge in [-0.25, -0.2) is 0 Å². The van der Waals surface area contributed by atoms with E-state index in [0.717, 1.165) is 0 Å². The molecule has 2 saturated heterocycles. The van der Waals surface area contributed by atoms with Crippen molar-refractivity contribution < 1.29 is 34.7 Å². The lowest BCUT2D eigenvalue weighted by Crippen LogP contribution is -2.51. The molecule has 0 amide bonds. The van der Waals surface area contributed by atoms with E-state index in [1.54, 1.807) is 0 Å². The van der Waals surface area contributed by atoms with Crippen molar-refractivity contribution in [1.82, 2.24) is 0 Å². The van der Waals surface area contributed by atoms with Crippen molar-refractivity contribution in [3.8, 4) is 0 Å². The molecule has 2 aliphatic rings. The zero-order chi connectivity index (χ0) is 14.0. The van der Waals surface area contributed by atoms with Gasteiger partial charge in [0.05, 0.1) is 37.9 Å². The summed E-state index contributed by atoms with van der Waals surface area (Å²) in [4.78, 5) is 10.7. The monoisotopic (exact) mass is 276 g/mol. The second-order valence-electron chi connectivity index (χ2n) is 5.26. The Labute approximate surface area is 110 Å². The fraction of sp³-hybridized carbons (Fsp3) is 0.917. The van der Waals surface area contributed by atoms with Crippen LogP contribution in [0.15, 0.2) is 0 Å². The molecule has 0 aliphatic carbocycles. The molecule has 4 N–H and O–H groups in total. The number of aliphatic hydroxyl groups is 3. The third kappa shape index (κ3) is 2.90. The predicted molar refractivity (Wildman–Crippen MR) is 62.5 cm³/mol. The van der Waals surface area contributed by atoms with Gasteiger partial charge in [0.2, 0.25) is 0 Å². The van der Waals surface area contributed by atoms with Gasteiger partial charge >= 0.3 is 5.97 Å². The van der Waals surface area contributed by atoms with Gasteiger partial charge in [-0.15, -0.1) is 0 Å². The molecular formula is C12H20O7. The maximum Gasteiger partial charge on any atom is 0.305 e. The van der Waals surface area contributed by atoms with Gasteiger partial charge in [-0.3, -0.25) is 4.79 Å². The van der Waals surface area contributed by atoms with Crippen LogP contribution in [0.2, 0.25) is 0 Å². The highest BCUT2D eigenvalue weighted by molar-refractivity contribution is 5.67. The van der Waals surface area contributed by atoms with Crippen LogP contribution in [0, 0.1) is 0 Å². The Balaban J connectivity index is 2.06. The molecule has 0 saturated carbocycles. The number of fused-ring (bicyclic) bond motifs is 1. The van der Waals surface area contributed by atoms with Crippen molar-refractivity contribution in [1.29, 1.82) is 0 Å². The standard InChI is InChI=1S/C12H20O7/c13-5-8(15)9-4-12(6-14)10(18-9)2-1-7(19-12)3-11(16)17/h7-10,13-15H,1-6H2,(H,16,17)/t7-,8-,9-,10+,12-/m1/s1. The molecule has 0 radical (unpaired) electrons. The van der Waals surface area contributed by atoms with Crippen LogP contribution in [0.5, 0.6) is 0 Å². The highest BCUT2D eigenvalue weighted by Gasteiger charge is 2.54. The molecule has 2 fully saturated rings. The summed E-state index contributed by atoms with van der Waals surface area (Å²) in [5.74, 6) is -0.942. The Bertz CT molecular complexity index is 334. The first-order valence-electron chi connectivity index (χ1n) is 6.45. The quantitative estimate of drug-likeness (QED) is 0.502. The second kappa shape index (κ2) is 5.72. The van der Waals surface area contributed by atoms with E-state index in [1.807, 2.05) is 0 Å². The Kier molecular flexibility index (Phi) is 4.42. The number of carboxylic acid groups (broad SMARTS) is 1. The maximum atomic E-state index is 10.7. The summed E-state index contributed by atoms with van der Waals surface area (Å²) >= 11 is 0. The normalized spacial score (nSPS) is 39.8. The van der Waals surface area contributed by atoms with Crippen molar-refractivity contribution in [3.05, 3.63) is 0 Å². The first-order valence-corrected chi connectivity index (χ1v) is 6.45. The first-order chi connectivity index (χ1) is 9.00. The van der Waals surface area contributed by atoms with Crippen LogP contribution < -0.4 is 0 Å². The number of aliphatic carboxylic acids is 1. The maximum absolute atomic E-state index is 10.7. The van der Waals surface area contributed by atoms with Crippen LogP contribution in [0.4, 0.5) is 0 Å². The van der Waals surface area contributed by atoms with Crippen molar-refractivity contribution in [3.63, 3.8) is 0 Å². The summed E-state index contributed by atoms with van der Waals surface area (Å²) < 4.78 is 11.4. The molecule has 7 nitrogen and oxygen atoms in total.